The minimum atomic E-state index is -0.437. The molecule has 0 saturated heterocycles. The van der Waals surface area contributed by atoms with Crippen LogP contribution in [0.3, 0.4) is 0 Å². The maximum Gasteiger partial charge on any atom is 0.327 e. The largest absolute Gasteiger partial charge is 0.327 e. The van der Waals surface area contributed by atoms with Gasteiger partial charge in [-0.15, -0.1) is 0 Å². The second-order valence-corrected chi connectivity index (χ2v) is 5.38. The number of benzene rings is 1. The van der Waals surface area contributed by atoms with E-state index >= 15 is 0 Å². The van der Waals surface area contributed by atoms with Crippen LogP contribution in [-0.4, -0.2) is 16.3 Å². The third kappa shape index (κ3) is 4.16. The van der Waals surface area contributed by atoms with Crippen molar-refractivity contribution < 1.29 is 14.0 Å². The quantitative estimate of drug-likeness (QED) is 0.707. The fourth-order valence-electron chi connectivity index (χ4n) is 2.27. The third-order valence-electron chi connectivity index (χ3n) is 3.45. The van der Waals surface area contributed by atoms with E-state index in [1.807, 2.05) is 25.1 Å². The summed E-state index contributed by atoms with van der Waals surface area (Å²) in [5.74, 6) is 0.725. The maximum absolute atomic E-state index is 11.9. The molecule has 3 aromatic rings. The van der Waals surface area contributed by atoms with Gasteiger partial charge in [0.1, 0.15) is 5.82 Å². The first kappa shape index (κ1) is 15.7. The zero-order valence-corrected chi connectivity index (χ0v) is 13.2. The number of rotatable bonds is 5. The van der Waals surface area contributed by atoms with Crippen molar-refractivity contribution in [1.29, 1.82) is 0 Å². The molecule has 0 radical (unpaired) electrons. The van der Waals surface area contributed by atoms with E-state index < -0.39 is 6.03 Å². The molecule has 0 aliphatic carbocycles. The van der Waals surface area contributed by atoms with Gasteiger partial charge in [0.15, 0.2) is 6.04 Å². The smallest absolute Gasteiger partial charge is 0.292 e. The van der Waals surface area contributed by atoms with E-state index in [0.717, 1.165) is 6.42 Å². The zero-order valence-electron chi connectivity index (χ0n) is 13.2. The number of urea groups is 1. The highest BCUT2D eigenvalue weighted by Gasteiger charge is 2.21. The number of carbonyl (C=O) groups excluding carboxylic acids is 1. The first-order valence-electron chi connectivity index (χ1n) is 7.62. The summed E-state index contributed by atoms with van der Waals surface area (Å²) in [4.78, 5) is 15.9. The van der Waals surface area contributed by atoms with Gasteiger partial charge in [0.05, 0.1) is 0 Å². The van der Waals surface area contributed by atoms with E-state index in [9.17, 15) is 4.79 Å². The minimum absolute atomic E-state index is 0.102. The normalized spacial score (nSPS) is 11.7. The summed E-state index contributed by atoms with van der Waals surface area (Å²) in [5, 5.41) is 9.16. The number of nitrogens with one attached hydrogen (secondary N) is 2. The lowest BCUT2D eigenvalue weighted by Gasteiger charge is -2.02. The highest BCUT2D eigenvalue weighted by Crippen LogP contribution is 2.10. The minimum Gasteiger partial charge on any atom is -0.292 e. The molecule has 2 heterocycles. The number of pyridine rings is 1. The molecule has 1 atom stereocenters. The lowest BCUT2D eigenvalue weighted by atomic mass is 10.1. The van der Waals surface area contributed by atoms with Crippen LogP contribution in [0.15, 0.2) is 65.4 Å². The van der Waals surface area contributed by atoms with E-state index in [4.69, 9.17) is 4.52 Å². The van der Waals surface area contributed by atoms with E-state index in [0.29, 0.717) is 5.82 Å². The number of hydrogen-bond donors (Lipinski definition) is 2. The number of amides is 2. The number of aromatic nitrogens is 3. The number of anilines is 2. The number of nitrogens with zero attached hydrogens (tertiary/aromatic N) is 3. The second kappa shape index (κ2) is 7.36. The van der Waals surface area contributed by atoms with Crippen molar-refractivity contribution in [2.24, 2.45) is 0 Å². The molecule has 122 valence electrons. The molecule has 7 heteroatoms. The summed E-state index contributed by atoms with van der Waals surface area (Å²) in [6.07, 6.45) is 4.08. The Morgan fingerprint density at radius 2 is 1.96 bits per heavy atom. The van der Waals surface area contributed by atoms with Crippen LogP contribution >= 0.6 is 0 Å². The number of hydrogen-bond acceptors (Lipinski definition) is 4. The summed E-state index contributed by atoms with van der Waals surface area (Å²) < 4.78 is 6.84. The molecule has 1 unspecified atom stereocenters. The van der Waals surface area contributed by atoms with Crippen LogP contribution < -0.4 is 15.3 Å². The van der Waals surface area contributed by atoms with Gasteiger partial charge in [0.25, 0.3) is 6.20 Å². The molecule has 7 nitrogen and oxygen atoms in total. The third-order valence-corrected chi connectivity index (χ3v) is 3.45. The van der Waals surface area contributed by atoms with Gasteiger partial charge in [-0.2, -0.15) is 0 Å². The average molecular weight is 324 g/mol. The van der Waals surface area contributed by atoms with Gasteiger partial charge in [-0.25, -0.2) is 9.78 Å². The van der Waals surface area contributed by atoms with E-state index in [1.165, 1.54) is 5.56 Å². The van der Waals surface area contributed by atoms with Crippen molar-refractivity contribution in [3.8, 4) is 0 Å². The van der Waals surface area contributed by atoms with Crippen LogP contribution in [0, 0.1) is 0 Å². The molecule has 0 saturated carbocycles. The fraction of sp³-hybridized carbons (Fsp3) is 0.176. The van der Waals surface area contributed by atoms with Crippen molar-refractivity contribution in [3.63, 3.8) is 0 Å². The van der Waals surface area contributed by atoms with Gasteiger partial charge in [0, 0.05) is 19.5 Å². The van der Waals surface area contributed by atoms with Gasteiger partial charge in [-0.1, -0.05) is 36.4 Å². The lowest BCUT2D eigenvalue weighted by Crippen LogP contribution is -2.40. The molecule has 0 spiro atoms. The summed E-state index contributed by atoms with van der Waals surface area (Å²) >= 11 is 0. The Labute approximate surface area is 139 Å². The highest BCUT2D eigenvalue weighted by molar-refractivity contribution is 5.97. The lowest BCUT2D eigenvalue weighted by molar-refractivity contribution is -0.782. The van der Waals surface area contributed by atoms with Gasteiger partial charge in [-0.05, 0) is 22.4 Å². The van der Waals surface area contributed by atoms with Crippen molar-refractivity contribution in [3.05, 3.63) is 66.5 Å². The Bertz CT molecular complexity index is 789. The molecule has 0 aliphatic heterocycles. The Balaban J connectivity index is 1.58. The highest BCUT2D eigenvalue weighted by atomic mass is 16.5. The van der Waals surface area contributed by atoms with Crippen LogP contribution in [0.4, 0.5) is 16.5 Å². The average Bonchev–Trinajstić information content (AvgIpc) is 3.05. The molecule has 0 fully saturated rings. The monoisotopic (exact) mass is 324 g/mol. The fourth-order valence-corrected chi connectivity index (χ4v) is 2.27. The first-order chi connectivity index (χ1) is 11.7. The number of carbonyl (C=O) groups is 1. The van der Waals surface area contributed by atoms with Crippen molar-refractivity contribution in [2.45, 2.75) is 19.4 Å². The van der Waals surface area contributed by atoms with Crippen LogP contribution in [0.5, 0.6) is 0 Å². The van der Waals surface area contributed by atoms with Crippen LogP contribution in [-0.2, 0) is 6.42 Å². The Hall–Kier alpha value is -3.22. The van der Waals surface area contributed by atoms with Crippen LogP contribution in [0.2, 0.25) is 0 Å². The molecule has 1 aromatic carbocycles. The first-order valence-corrected chi connectivity index (χ1v) is 7.62. The molecule has 0 aliphatic rings. The van der Waals surface area contributed by atoms with Crippen molar-refractivity contribution >= 4 is 17.7 Å². The molecule has 3 rings (SSSR count). The molecule has 2 amide bonds. The Kier molecular flexibility index (Phi) is 4.81. The molecule has 0 bridgehead atoms. The summed E-state index contributed by atoms with van der Waals surface area (Å²) in [6, 6.07) is 15.1. The predicted octanol–water partition coefficient (Wildman–Crippen LogP) is 2.80. The molecular formula is C17H18N5O2+. The summed E-state index contributed by atoms with van der Waals surface area (Å²) in [6.45, 7) is 2.03. The van der Waals surface area contributed by atoms with E-state index in [-0.39, 0.29) is 11.9 Å². The molecule has 2 N–H and O–H groups in total. The van der Waals surface area contributed by atoms with Crippen molar-refractivity contribution in [1.82, 2.24) is 10.3 Å². The van der Waals surface area contributed by atoms with Crippen molar-refractivity contribution in [2.75, 3.05) is 10.6 Å². The Morgan fingerprint density at radius 1 is 1.17 bits per heavy atom. The summed E-state index contributed by atoms with van der Waals surface area (Å²) in [7, 11) is 0. The van der Waals surface area contributed by atoms with Gasteiger partial charge in [0.2, 0.25) is 5.27 Å². The Morgan fingerprint density at radius 3 is 2.71 bits per heavy atom. The maximum atomic E-state index is 11.9. The second-order valence-electron chi connectivity index (χ2n) is 5.38. The molecular weight excluding hydrogens is 306 g/mol. The topological polar surface area (TPSA) is 83.9 Å². The molecule has 24 heavy (non-hydrogen) atoms. The zero-order chi connectivity index (χ0) is 16.8. The van der Waals surface area contributed by atoms with Crippen LogP contribution in [0.25, 0.3) is 0 Å². The van der Waals surface area contributed by atoms with Gasteiger partial charge < -0.3 is 0 Å². The van der Waals surface area contributed by atoms with Gasteiger partial charge >= 0.3 is 11.9 Å². The van der Waals surface area contributed by atoms with E-state index in [2.05, 4.69) is 33.0 Å². The van der Waals surface area contributed by atoms with E-state index in [1.54, 1.807) is 35.3 Å². The standard InChI is InChI=1S/C17H17N5O2/c1-13(11-14-7-3-2-4-8-14)22-12-16(24-21-22)20-17(23)19-15-9-5-6-10-18-15/h2-10,12-13H,11H2,1H3,(H-,18,19,20,21,23)/p+1. The van der Waals surface area contributed by atoms with Crippen LogP contribution in [0.1, 0.15) is 18.5 Å². The predicted molar refractivity (Wildman–Crippen MR) is 88.4 cm³/mol. The SMILES string of the molecule is CC(Cc1ccccc1)[n+]1cc(NC(=O)Nc2ccccn2)on1. The summed E-state index contributed by atoms with van der Waals surface area (Å²) in [5.41, 5.74) is 1.21. The molecule has 2 aromatic heterocycles. The van der Waals surface area contributed by atoms with Gasteiger partial charge in [-0.3, -0.25) is 15.2 Å².